The van der Waals surface area contributed by atoms with Crippen molar-refractivity contribution in [3.05, 3.63) is 35.9 Å². The first kappa shape index (κ1) is 14.9. The molecule has 1 aliphatic rings. The fraction of sp³-hybridized carbons (Fsp3) is 0.562. The van der Waals surface area contributed by atoms with E-state index in [9.17, 15) is 4.79 Å². The largest absolute Gasteiger partial charge is 0.465 e. The second-order valence-electron chi connectivity index (χ2n) is 5.42. The molecule has 0 saturated carbocycles. The quantitative estimate of drug-likeness (QED) is 0.811. The fourth-order valence-corrected chi connectivity index (χ4v) is 2.71. The number of carboxylic acid groups (broad SMARTS) is 1. The molecule has 1 aliphatic heterocycles. The summed E-state index contributed by atoms with van der Waals surface area (Å²) < 4.78 is 5.66. The van der Waals surface area contributed by atoms with Gasteiger partial charge in [-0.15, -0.1) is 0 Å². The Bertz CT molecular complexity index is 407. The smallest absolute Gasteiger partial charge is 0.407 e. The lowest BCUT2D eigenvalue weighted by atomic mass is 9.94. The van der Waals surface area contributed by atoms with Crippen molar-refractivity contribution in [2.45, 2.75) is 32.3 Å². The van der Waals surface area contributed by atoms with Crippen molar-refractivity contribution < 1.29 is 14.6 Å². The lowest BCUT2D eigenvalue weighted by Gasteiger charge is -2.30. The first-order chi connectivity index (χ1) is 9.75. The Balaban J connectivity index is 1.58. The summed E-state index contributed by atoms with van der Waals surface area (Å²) in [5, 5.41) is 8.99. The van der Waals surface area contributed by atoms with Crippen molar-refractivity contribution in [2.75, 3.05) is 19.7 Å². The summed E-state index contributed by atoms with van der Waals surface area (Å²) in [6, 6.07) is 10.2. The number of nitrogens with zero attached hydrogens (tertiary/aromatic N) is 1. The number of benzene rings is 1. The minimum Gasteiger partial charge on any atom is -0.465 e. The molecule has 2 rings (SSSR count). The molecule has 0 radical (unpaired) electrons. The molecular weight excluding hydrogens is 254 g/mol. The molecular formula is C16H23NO3. The van der Waals surface area contributed by atoms with Crippen LogP contribution in [0.3, 0.4) is 0 Å². The van der Waals surface area contributed by atoms with E-state index in [-0.39, 0.29) is 0 Å². The van der Waals surface area contributed by atoms with E-state index in [0.717, 1.165) is 32.3 Å². The van der Waals surface area contributed by atoms with Crippen LogP contribution in [0.1, 0.15) is 31.2 Å². The second-order valence-corrected chi connectivity index (χ2v) is 5.42. The molecule has 1 fully saturated rings. The Hall–Kier alpha value is -1.55. The summed E-state index contributed by atoms with van der Waals surface area (Å²) in [7, 11) is 0. The summed E-state index contributed by atoms with van der Waals surface area (Å²) in [4.78, 5) is 12.5. The van der Waals surface area contributed by atoms with Crippen LogP contribution in [0.25, 0.3) is 0 Å². The van der Waals surface area contributed by atoms with Crippen LogP contribution in [-0.4, -0.2) is 35.8 Å². The van der Waals surface area contributed by atoms with Gasteiger partial charge in [-0.3, -0.25) is 0 Å². The summed E-state index contributed by atoms with van der Waals surface area (Å²) >= 11 is 0. The summed E-state index contributed by atoms with van der Waals surface area (Å²) in [5.41, 5.74) is 1.20. The van der Waals surface area contributed by atoms with Gasteiger partial charge in [0.05, 0.1) is 6.61 Å². The number of carbonyl (C=O) groups is 1. The molecule has 1 N–H and O–H groups in total. The molecule has 0 aliphatic carbocycles. The van der Waals surface area contributed by atoms with Crippen molar-refractivity contribution in [2.24, 2.45) is 5.92 Å². The monoisotopic (exact) mass is 277 g/mol. The van der Waals surface area contributed by atoms with Gasteiger partial charge in [0.15, 0.2) is 0 Å². The van der Waals surface area contributed by atoms with Crippen LogP contribution in [0.5, 0.6) is 0 Å². The van der Waals surface area contributed by atoms with Crippen molar-refractivity contribution in [3.63, 3.8) is 0 Å². The number of hydrogen-bond acceptors (Lipinski definition) is 2. The van der Waals surface area contributed by atoms with E-state index in [0.29, 0.717) is 25.6 Å². The minimum absolute atomic E-state index is 0.500. The number of hydrogen-bond donors (Lipinski definition) is 1. The van der Waals surface area contributed by atoms with Crippen molar-refractivity contribution >= 4 is 6.09 Å². The Labute approximate surface area is 120 Å². The van der Waals surface area contributed by atoms with Gasteiger partial charge in [-0.25, -0.2) is 4.79 Å². The minimum atomic E-state index is -0.782. The summed E-state index contributed by atoms with van der Waals surface area (Å²) in [6.45, 7) is 2.79. The Morgan fingerprint density at radius 2 is 2.15 bits per heavy atom. The lowest BCUT2D eigenvalue weighted by molar-refractivity contribution is 0.0991. The molecule has 1 aromatic rings. The zero-order chi connectivity index (χ0) is 14.2. The molecule has 4 nitrogen and oxygen atoms in total. The normalized spacial score (nSPS) is 19.0. The predicted octanol–water partition coefficient (Wildman–Crippen LogP) is 3.37. The lowest BCUT2D eigenvalue weighted by Crippen LogP contribution is -2.39. The molecule has 1 heterocycles. The first-order valence-electron chi connectivity index (χ1n) is 7.35. The van der Waals surface area contributed by atoms with Gasteiger partial charge < -0.3 is 14.7 Å². The molecule has 1 aromatic carbocycles. The number of amides is 1. The summed E-state index contributed by atoms with van der Waals surface area (Å²) in [6.07, 6.45) is 3.41. The third kappa shape index (κ3) is 4.85. The zero-order valence-corrected chi connectivity index (χ0v) is 11.8. The van der Waals surface area contributed by atoms with Crippen LogP contribution in [0, 0.1) is 5.92 Å². The topological polar surface area (TPSA) is 49.8 Å². The van der Waals surface area contributed by atoms with Gasteiger partial charge in [-0.05, 0) is 37.2 Å². The van der Waals surface area contributed by atoms with E-state index >= 15 is 0 Å². The van der Waals surface area contributed by atoms with Gasteiger partial charge in [0.1, 0.15) is 0 Å². The maximum Gasteiger partial charge on any atom is 0.407 e. The average molecular weight is 277 g/mol. The van der Waals surface area contributed by atoms with Gasteiger partial charge in [0.25, 0.3) is 0 Å². The third-order valence-corrected chi connectivity index (χ3v) is 3.80. The molecule has 4 heteroatoms. The molecule has 0 spiro atoms. The highest BCUT2D eigenvalue weighted by Gasteiger charge is 2.22. The Morgan fingerprint density at radius 3 is 2.90 bits per heavy atom. The number of likely N-dealkylation sites (tertiary alicyclic amines) is 1. The molecule has 1 atom stereocenters. The number of rotatable bonds is 6. The van der Waals surface area contributed by atoms with E-state index in [1.165, 1.54) is 5.56 Å². The maximum absolute atomic E-state index is 10.9. The van der Waals surface area contributed by atoms with E-state index in [4.69, 9.17) is 9.84 Å². The highest BCUT2D eigenvalue weighted by molar-refractivity contribution is 5.65. The van der Waals surface area contributed by atoms with Gasteiger partial charge >= 0.3 is 6.09 Å². The molecule has 20 heavy (non-hydrogen) atoms. The zero-order valence-electron chi connectivity index (χ0n) is 11.8. The fourth-order valence-electron chi connectivity index (χ4n) is 2.71. The van der Waals surface area contributed by atoms with Crippen LogP contribution < -0.4 is 0 Å². The average Bonchev–Trinajstić information content (AvgIpc) is 2.48. The van der Waals surface area contributed by atoms with Crippen molar-refractivity contribution in [3.8, 4) is 0 Å². The molecule has 0 aromatic heterocycles. The Kier molecular flexibility index (Phi) is 5.87. The number of ether oxygens (including phenoxy) is 1. The van der Waals surface area contributed by atoms with E-state index < -0.39 is 6.09 Å². The van der Waals surface area contributed by atoms with Gasteiger partial charge in [-0.2, -0.15) is 0 Å². The van der Waals surface area contributed by atoms with Crippen LogP contribution in [0.2, 0.25) is 0 Å². The predicted molar refractivity (Wildman–Crippen MR) is 77.7 cm³/mol. The number of piperidine rings is 1. The van der Waals surface area contributed by atoms with Gasteiger partial charge in [0, 0.05) is 19.7 Å². The first-order valence-corrected chi connectivity index (χ1v) is 7.35. The van der Waals surface area contributed by atoms with Crippen LogP contribution in [0.15, 0.2) is 30.3 Å². The molecule has 1 amide bonds. The van der Waals surface area contributed by atoms with Crippen LogP contribution in [0.4, 0.5) is 4.79 Å². The Morgan fingerprint density at radius 1 is 1.35 bits per heavy atom. The maximum atomic E-state index is 10.9. The van der Waals surface area contributed by atoms with Crippen molar-refractivity contribution in [1.82, 2.24) is 4.90 Å². The molecule has 110 valence electrons. The highest BCUT2D eigenvalue weighted by atomic mass is 16.5. The third-order valence-electron chi connectivity index (χ3n) is 3.80. The van der Waals surface area contributed by atoms with Crippen molar-refractivity contribution in [1.29, 1.82) is 0 Å². The van der Waals surface area contributed by atoms with Crippen LogP contribution >= 0.6 is 0 Å². The van der Waals surface area contributed by atoms with E-state index in [2.05, 4.69) is 12.1 Å². The van der Waals surface area contributed by atoms with Crippen LogP contribution in [-0.2, 0) is 11.3 Å². The summed E-state index contributed by atoms with van der Waals surface area (Å²) in [5.74, 6) is 0.500. The van der Waals surface area contributed by atoms with E-state index in [1.54, 1.807) is 4.90 Å². The molecule has 0 bridgehead atoms. The standard InChI is InChI=1S/C16H23NO3/c18-16(19)17-10-4-8-14(12-17)9-5-11-20-13-15-6-2-1-3-7-15/h1-3,6-7,14H,4-5,8-13H2,(H,18,19). The van der Waals surface area contributed by atoms with E-state index in [1.807, 2.05) is 18.2 Å². The second kappa shape index (κ2) is 7.90. The highest BCUT2D eigenvalue weighted by Crippen LogP contribution is 2.21. The molecule has 1 unspecified atom stereocenters. The van der Waals surface area contributed by atoms with Gasteiger partial charge in [0.2, 0.25) is 0 Å². The molecule has 1 saturated heterocycles. The SMILES string of the molecule is O=C(O)N1CCCC(CCCOCc2ccccc2)C1. The van der Waals surface area contributed by atoms with Gasteiger partial charge in [-0.1, -0.05) is 30.3 Å².